The normalized spacial score (nSPS) is 11.2. The molecule has 21 heavy (non-hydrogen) atoms. The van der Waals surface area contributed by atoms with Gasteiger partial charge in [0, 0.05) is 22.4 Å². The van der Waals surface area contributed by atoms with Gasteiger partial charge in [0.25, 0.3) is 0 Å². The lowest BCUT2D eigenvalue weighted by atomic mass is 10.3. The maximum Gasteiger partial charge on any atom is 0.243 e. The Kier molecular flexibility index (Phi) is 5.68. The highest BCUT2D eigenvalue weighted by molar-refractivity contribution is 7.89. The van der Waals surface area contributed by atoms with E-state index in [1.165, 1.54) is 17.4 Å². The number of sulfonamides is 1. The minimum absolute atomic E-state index is 0.0176. The van der Waals surface area contributed by atoms with Crippen LogP contribution in [0.15, 0.2) is 22.4 Å². The van der Waals surface area contributed by atoms with Crippen LogP contribution >= 0.6 is 45.9 Å². The molecule has 0 saturated carbocycles. The van der Waals surface area contributed by atoms with Crippen molar-refractivity contribution in [3.63, 3.8) is 0 Å². The number of hydrogen-bond donors (Lipinski definition) is 2. The molecule has 0 aliphatic heterocycles. The summed E-state index contributed by atoms with van der Waals surface area (Å²) in [6.07, 6.45) is 0. The number of nitrogens with one attached hydrogen (secondary N) is 1. The Hall–Kier alpha value is -0.590. The Bertz CT molecular complexity index is 799. The molecule has 9 heteroatoms. The molecular formula is C12H9Cl2NO3S3. The van der Waals surface area contributed by atoms with E-state index in [0.717, 1.165) is 21.8 Å². The highest BCUT2D eigenvalue weighted by atomic mass is 35.5. The molecule has 0 bridgehead atoms. The number of thiophene rings is 2. The van der Waals surface area contributed by atoms with Crippen molar-refractivity contribution in [3.8, 4) is 11.8 Å². The van der Waals surface area contributed by atoms with Crippen LogP contribution in [0, 0.1) is 11.8 Å². The van der Waals surface area contributed by atoms with Crippen LogP contribution in [0.25, 0.3) is 0 Å². The third kappa shape index (κ3) is 4.44. The summed E-state index contributed by atoms with van der Waals surface area (Å²) < 4.78 is 27.1. The Morgan fingerprint density at radius 1 is 1.33 bits per heavy atom. The Morgan fingerprint density at radius 3 is 2.71 bits per heavy atom. The van der Waals surface area contributed by atoms with Crippen molar-refractivity contribution in [2.75, 3.05) is 6.61 Å². The molecular weight excluding hydrogens is 373 g/mol. The lowest BCUT2D eigenvalue weighted by Crippen LogP contribution is -2.22. The van der Waals surface area contributed by atoms with Gasteiger partial charge < -0.3 is 5.11 Å². The van der Waals surface area contributed by atoms with Crippen molar-refractivity contribution in [1.82, 2.24) is 4.72 Å². The van der Waals surface area contributed by atoms with Crippen molar-refractivity contribution in [2.24, 2.45) is 0 Å². The van der Waals surface area contributed by atoms with Gasteiger partial charge in [0.1, 0.15) is 15.8 Å². The Balaban J connectivity index is 2.08. The lowest BCUT2D eigenvalue weighted by Gasteiger charge is -2.03. The van der Waals surface area contributed by atoms with Crippen LogP contribution in [-0.4, -0.2) is 20.1 Å². The van der Waals surface area contributed by atoms with E-state index in [-0.39, 0.29) is 22.4 Å². The molecule has 0 saturated heterocycles. The van der Waals surface area contributed by atoms with E-state index in [4.69, 9.17) is 28.3 Å². The van der Waals surface area contributed by atoms with Crippen molar-refractivity contribution in [3.05, 3.63) is 36.6 Å². The molecule has 2 N–H and O–H groups in total. The number of aliphatic hydroxyl groups is 1. The first-order chi connectivity index (χ1) is 9.92. The van der Waals surface area contributed by atoms with Gasteiger partial charge in [-0.25, -0.2) is 13.1 Å². The summed E-state index contributed by atoms with van der Waals surface area (Å²) in [6.45, 7) is -0.0766. The number of rotatable bonds is 4. The second-order valence-electron chi connectivity index (χ2n) is 3.77. The lowest BCUT2D eigenvalue weighted by molar-refractivity contribution is 0.350. The van der Waals surface area contributed by atoms with E-state index in [2.05, 4.69) is 16.6 Å². The average molecular weight is 382 g/mol. The standard InChI is InChI=1S/C12H9Cl2NO3S3/c13-11-5-10(12(14)20-11)21(17,18)15-6-9-4-8(7-19-9)2-1-3-16/h4-5,7,15-16H,3,6H2. The summed E-state index contributed by atoms with van der Waals surface area (Å²) in [5.41, 5.74) is 0.736. The van der Waals surface area contributed by atoms with E-state index >= 15 is 0 Å². The van der Waals surface area contributed by atoms with E-state index in [1.54, 1.807) is 11.4 Å². The van der Waals surface area contributed by atoms with Crippen molar-refractivity contribution in [1.29, 1.82) is 0 Å². The summed E-state index contributed by atoms with van der Waals surface area (Å²) in [6, 6.07) is 3.08. The minimum atomic E-state index is -3.70. The van der Waals surface area contributed by atoms with E-state index in [0.29, 0.717) is 4.34 Å². The first-order valence-electron chi connectivity index (χ1n) is 5.54. The fraction of sp³-hybridized carbons (Fsp3) is 0.167. The molecule has 2 heterocycles. The van der Waals surface area contributed by atoms with Crippen LogP contribution in [0.3, 0.4) is 0 Å². The highest BCUT2D eigenvalue weighted by Crippen LogP contribution is 2.34. The summed E-state index contributed by atoms with van der Waals surface area (Å²) >= 11 is 14.0. The van der Waals surface area contributed by atoms with E-state index < -0.39 is 10.0 Å². The quantitative estimate of drug-likeness (QED) is 0.800. The van der Waals surface area contributed by atoms with Gasteiger partial charge in [-0.05, 0) is 12.1 Å². The number of hydrogen-bond acceptors (Lipinski definition) is 5. The third-order valence-corrected chi connectivity index (χ3v) is 6.41. The molecule has 0 aromatic carbocycles. The molecule has 112 valence electrons. The minimum Gasteiger partial charge on any atom is -0.384 e. The highest BCUT2D eigenvalue weighted by Gasteiger charge is 2.20. The van der Waals surface area contributed by atoms with Gasteiger partial charge in [0.05, 0.1) is 4.34 Å². The van der Waals surface area contributed by atoms with Crippen molar-refractivity contribution < 1.29 is 13.5 Å². The summed E-state index contributed by atoms with van der Waals surface area (Å²) in [5, 5.41) is 10.4. The molecule has 0 spiro atoms. The summed E-state index contributed by atoms with van der Waals surface area (Å²) in [4.78, 5) is 0.786. The maximum atomic E-state index is 12.1. The molecule has 0 amide bonds. The Morgan fingerprint density at radius 2 is 2.10 bits per heavy atom. The largest absolute Gasteiger partial charge is 0.384 e. The molecule has 4 nitrogen and oxygen atoms in total. The van der Waals surface area contributed by atoms with Gasteiger partial charge in [-0.15, -0.1) is 22.7 Å². The van der Waals surface area contributed by atoms with Gasteiger partial charge in [0.2, 0.25) is 10.0 Å². The zero-order chi connectivity index (χ0) is 15.5. The van der Waals surface area contributed by atoms with E-state index in [9.17, 15) is 8.42 Å². The molecule has 0 radical (unpaired) electrons. The van der Waals surface area contributed by atoms with E-state index in [1.807, 2.05) is 0 Å². The third-order valence-electron chi connectivity index (χ3n) is 2.32. The molecule has 2 aromatic heterocycles. The van der Waals surface area contributed by atoms with Crippen molar-refractivity contribution in [2.45, 2.75) is 11.4 Å². The molecule has 0 aliphatic rings. The fourth-order valence-corrected chi connectivity index (χ4v) is 5.43. The maximum absolute atomic E-state index is 12.1. The van der Waals surface area contributed by atoms with Gasteiger partial charge in [-0.2, -0.15) is 0 Å². The zero-order valence-corrected chi connectivity index (χ0v) is 14.4. The Labute approximate surface area is 140 Å². The SMILES string of the molecule is O=S(=O)(NCc1cc(C#CCO)cs1)c1cc(Cl)sc1Cl. The fourth-order valence-electron chi connectivity index (χ4n) is 1.43. The predicted molar refractivity (Wildman–Crippen MR) is 86.6 cm³/mol. The second kappa shape index (κ2) is 7.11. The zero-order valence-electron chi connectivity index (χ0n) is 10.4. The number of aliphatic hydroxyl groups excluding tert-OH is 1. The van der Waals surface area contributed by atoms with Gasteiger partial charge in [-0.3, -0.25) is 0 Å². The van der Waals surface area contributed by atoms with Crippen molar-refractivity contribution >= 4 is 55.9 Å². The molecule has 0 unspecified atom stereocenters. The van der Waals surface area contributed by atoms with Crippen LogP contribution in [0.1, 0.15) is 10.4 Å². The monoisotopic (exact) mass is 381 g/mol. The molecule has 0 atom stereocenters. The molecule has 2 aromatic rings. The summed E-state index contributed by atoms with van der Waals surface area (Å²) in [7, 11) is -3.70. The smallest absolute Gasteiger partial charge is 0.243 e. The second-order valence-corrected chi connectivity index (χ2v) is 8.79. The number of halogens is 2. The molecule has 0 aliphatic carbocycles. The van der Waals surface area contributed by atoms with Crippen LogP contribution in [0.5, 0.6) is 0 Å². The van der Waals surface area contributed by atoms with Crippen LogP contribution in [0.2, 0.25) is 8.67 Å². The topological polar surface area (TPSA) is 66.4 Å². The first kappa shape index (κ1) is 16.8. The molecule has 2 rings (SSSR count). The predicted octanol–water partition coefficient (Wildman–Crippen LogP) is 2.94. The average Bonchev–Trinajstić information content (AvgIpc) is 3.01. The van der Waals surface area contributed by atoms with Crippen LogP contribution in [0.4, 0.5) is 0 Å². The molecule has 0 fully saturated rings. The van der Waals surface area contributed by atoms with Gasteiger partial charge in [0.15, 0.2) is 0 Å². The summed E-state index contributed by atoms with van der Waals surface area (Å²) in [5.74, 6) is 5.28. The first-order valence-corrected chi connectivity index (χ1v) is 9.47. The van der Waals surface area contributed by atoms with Crippen LogP contribution in [-0.2, 0) is 16.6 Å². The van der Waals surface area contributed by atoms with Gasteiger partial charge >= 0.3 is 0 Å². The van der Waals surface area contributed by atoms with Gasteiger partial charge in [-0.1, -0.05) is 35.0 Å². The van der Waals surface area contributed by atoms with Crippen LogP contribution < -0.4 is 4.72 Å².